The fourth-order valence-electron chi connectivity index (χ4n) is 2.34. The van der Waals surface area contributed by atoms with E-state index >= 15 is 0 Å². The van der Waals surface area contributed by atoms with Crippen molar-refractivity contribution in [2.45, 2.75) is 6.18 Å². The maximum absolute atomic E-state index is 13.2. The van der Waals surface area contributed by atoms with Crippen LogP contribution in [0.5, 0.6) is 5.75 Å². The van der Waals surface area contributed by atoms with E-state index in [1.165, 1.54) is 30.3 Å². The molecule has 1 heterocycles. The Morgan fingerprint density at radius 2 is 1.96 bits per heavy atom. The number of nitrogens with zero attached hydrogens (tertiary/aromatic N) is 1. The predicted octanol–water partition coefficient (Wildman–Crippen LogP) is 4.63. The molecule has 0 spiro atoms. The van der Waals surface area contributed by atoms with Crippen LogP contribution >= 0.6 is 11.6 Å². The second-order valence-electron chi connectivity index (χ2n) is 5.01. The van der Waals surface area contributed by atoms with Crippen LogP contribution in [-0.2, 0) is 11.0 Å². The number of carboxylic acid groups (broad SMARTS) is 1. The number of hydrogen-bond donors (Lipinski definition) is 1. The molecule has 3 rings (SSSR count). The predicted molar refractivity (Wildman–Crippen MR) is 82.6 cm³/mol. The number of aromatic nitrogens is 1. The van der Waals surface area contributed by atoms with Crippen molar-refractivity contribution in [1.29, 1.82) is 0 Å². The van der Waals surface area contributed by atoms with Gasteiger partial charge in [0.15, 0.2) is 12.2 Å². The zero-order valence-corrected chi connectivity index (χ0v) is 13.1. The molecule has 5 nitrogen and oxygen atoms in total. The first-order valence-corrected chi connectivity index (χ1v) is 7.26. The Balaban J connectivity index is 2.12. The van der Waals surface area contributed by atoms with Crippen molar-refractivity contribution < 1.29 is 32.3 Å². The molecule has 0 radical (unpaired) electrons. The van der Waals surface area contributed by atoms with Gasteiger partial charge in [-0.3, -0.25) is 0 Å². The lowest BCUT2D eigenvalue weighted by Gasteiger charge is -2.11. The van der Waals surface area contributed by atoms with Crippen LogP contribution in [0.2, 0.25) is 5.02 Å². The van der Waals surface area contributed by atoms with E-state index in [1.54, 1.807) is 0 Å². The van der Waals surface area contributed by atoms with Crippen LogP contribution < -0.4 is 4.74 Å². The van der Waals surface area contributed by atoms with Crippen molar-refractivity contribution in [2.24, 2.45) is 0 Å². The molecule has 130 valence electrons. The number of alkyl halides is 3. The zero-order valence-electron chi connectivity index (χ0n) is 12.3. The molecule has 0 saturated carbocycles. The maximum atomic E-state index is 13.2. The van der Waals surface area contributed by atoms with Crippen LogP contribution in [0.3, 0.4) is 0 Å². The average molecular weight is 372 g/mol. The van der Waals surface area contributed by atoms with Crippen LogP contribution in [-0.4, -0.2) is 22.8 Å². The van der Waals surface area contributed by atoms with Gasteiger partial charge in [0.2, 0.25) is 0 Å². The lowest BCUT2D eigenvalue weighted by Crippen LogP contribution is -2.09. The molecule has 0 atom stereocenters. The first kappa shape index (κ1) is 17.1. The summed E-state index contributed by atoms with van der Waals surface area (Å²) < 4.78 is 49.7. The molecule has 0 aliphatic carbocycles. The molecule has 1 N–H and O–H groups in total. The van der Waals surface area contributed by atoms with Crippen molar-refractivity contribution in [3.05, 3.63) is 47.0 Å². The minimum absolute atomic E-state index is 0.0107. The number of ether oxygens (including phenoxy) is 1. The van der Waals surface area contributed by atoms with Gasteiger partial charge in [-0.2, -0.15) is 13.2 Å². The zero-order chi connectivity index (χ0) is 18.2. The Morgan fingerprint density at radius 1 is 1.24 bits per heavy atom. The first-order chi connectivity index (χ1) is 11.8. The van der Waals surface area contributed by atoms with E-state index < -0.39 is 24.3 Å². The second-order valence-corrected chi connectivity index (χ2v) is 5.39. The SMILES string of the molecule is O=C(O)COc1ccc2c(-c3ccccc3C(F)(F)F)noc2c1Cl. The summed E-state index contributed by atoms with van der Waals surface area (Å²) in [6.07, 6.45) is -4.56. The smallest absolute Gasteiger partial charge is 0.417 e. The number of benzene rings is 2. The van der Waals surface area contributed by atoms with Gasteiger partial charge in [-0.25, -0.2) is 4.79 Å². The number of fused-ring (bicyclic) bond motifs is 1. The topological polar surface area (TPSA) is 72.6 Å². The Labute approximate surface area is 143 Å². The minimum atomic E-state index is -4.56. The van der Waals surface area contributed by atoms with E-state index in [9.17, 15) is 18.0 Å². The summed E-state index contributed by atoms with van der Waals surface area (Å²) in [5.41, 5.74) is -1.01. The molecule has 0 fully saturated rings. The summed E-state index contributed by atoms with van der Waals surface area (Å²) in [6, 6.07) is 7.73. The van der Waals surface area contributed by atoms with Gasteiger partial charge in [-0.15, -0.1) is 0 Å². The van der Waals surface area contributed by atoms with E-state index in [2.05, 4.69) is 5.16 Å². The van der Waals surface area contributed by atoms with Gasteiger partial charge < -0.3 is 14.4 Å². The second kappa shape index (κ2) is 6.29. The molecular weight excluding hydrogens is 363 g/mol. The van der Waals surface area contributed by atoms with Gasteiger partial charge in [0.05, 0.1) is 10.9 Å². The number of rotatable bonds is 4. The van der Waals surface area contributed by atoms with Crippen molar-refractivity contribution in [2.75, 3.05) is 6.61 Å². The van der Waals surface area contributed by atoms with Gasteiger partial charge in [0.25, 0.3) is 0 Å². The standard InChI is InChI=1S/C16H9ClF3NO4/c17-13-11(24-7-12(22)23)6-5-9-14(21-25-15(9)13)8-3-1-2-4-10(8)16(18,19)20/h1-6H,7H2,(H,22,23). The summed E-state index contributed by atoms with van der Waals surface area (Å²) in [4.78, 5) is 10.6. The summed E-state index contributed by atoms with van der Waals surface area (Å²) in [6.45, 7) is -0.622. The average Bonchev–Trinajstić information content (AvgIpc) is 2.98. The highest BCUT2D eigenvalue weighted by atomic mass is 35.5. The van der Waals surface area contributed by atoms with E-state index in [4.69, 9.17) is 26.0 Å². The molecule has 0 bridgehead atoms. The Bertz CT molecular complexity index is 952. The van der Waals surface area contributed by atoms with Crippen LogP contribution in [0.15, 0.2) is 40.9 Å². The monoisotopic (exact) mass is 371 g/mol. The van der Waals surface area contributed by atoms with Gasteiger partial charge in [0.1, 0.15) is 16.5 Å². The van der Waals surface area contributed by atoms with E-state index in [-0.39, 0.29) is 33.0 Å². The van der Waals surface area contributed by atoms with Crippen LogP contribution in [0.1, 0.15) is 5.56 Å². The fourth-order valence-corrected chi connectivity index (χ4v) is 2.59. The van der Waals surface area contributed by atoms with Crippen molar-refractivity contribution in [3.63, 3.8) is 0 Å². The molecule has 0 unspecified atom stereocenters. The van der Waals surface area contributed by atoms with Gasteiger partial charge in [0, 0.05) is 5.56 Å². The molecule has 3 aromatic rings. The summed E-state index contributed by atoms with van der Waals surface area (Å²) in [5, 5.41) is 12.5. The number of halogens is 4. The molecule has 0 amide bonds. The van der Waals surface area contributed by atoms with E-state index in [1.807, 2.05) is 0 Å². The van der Waals surface area contributed by atoms with Crippen molar-refractivity contribution >= 4 is 28.5 Å². The normalized spacial score (nSPS) is 11.7. The molecule has 1 aromatic heterocycles. The lowest BCUT2D eigenvalue weighted by molar-refractivity contribution is -0.139. The Hall–Kier alpha value is -2.74. The third kappa shape index (κ3) is 3.25. The van der Waals surface area contributed by atoms with Crippen molar-refractivity contribution in [1.82, 2.24) is 5.16 Å². The molecule has 2 aromatic carbocycles. The largest absolute Gasteiger partial charge is 0.480 e. The van der Waals surface area contributed by atoms with E-state index in [0.29, 0.717) is 0 Å². The van der Waals surface area contributed by atoms with E-state index in [0.717, 1.165) is 6.07 Å². The summed E-state index contributed by atoms with van der Waals surface area (Å²) in [5.74, 6) is -1.17. The molecule has 0 saturated heterocycles. The first-order valence-electron chi connectivity index (χ1n) is 6.88. The highest BCUT2D eigenvalue weighted by Crippen LogP contribution is 2.41. The highest BCUT2D eigenvalue weighted by molar-refractivity contribution is 6.36. The molecular formula is C16H9ClF3NO4. The number of aliphatic carboxylic acids is 1. The van der Waals surface area contributed by atoms with Gasteiger partial charge >= 0.3 is 12.1 Å². The minimum Gasteiger partial charge on any atom is -0.480 e. The fraction of sp³-hybridized carbons (Fsp3) is 0.125. The van der Waals surface area contributed by atoms with Crippen molar-refractivity contribution in [3.8, 4) is 17.0 Å². The number of carbonyl (C=O) groups is 1. The summed E-state index contributed by atoms with van der Waals surface area (Å²) >= 11 is 6.08. The third-order valence-electron chi connectivity index (χ3n) is 3.38. The number of hydrogen-bond acceptors (Lipinski definition) is 4. The molecule has 0 aliphatic heterocycles. The van der Waals surface area contributed by atoms with Gasteiger partial charge in [-0.05, 0) is 18.2 Å². The Morgan fingerprint density at radius 3 is 2.64 bits per heavy atom. The Kier molecular flexibility index (Phi) is 4.30. The van der Waals surface area contributed by atoms with Crippen LogP contribution in [0.4, 0.5) is 13.2 Å². The van der Waals surface area contributed by atoms with Crippen LogP contribution in [0.25, 0.3) is 22.2 Å². The highest BCUT2D eigenvalue weighted by Gasteiger charge is 2.34. The van der Waals surface area contributed by atoms with Crippen LogP contribution in [0, 0.1) is 0 Å². The molecule has 0 aliphatic rings. The maximum Gasteiger partial charge on any atom is 0.417 e. The quantitative estimate of drug-likeness (QED) is 0.724. The van der Waals surface area contributed by atoms with Gasteiger partial charge in [-0.1, -0.05) is 35.0 Å². The third-order valence-corrected chi connectivity index (χ3v) is 3.74. The molecule has 9 heteroatoms. The number of carboxylic acids is 1. The lowest BCUT2D eigenvalue weighted by atomic mass is 10.0. The molecule has 25 heavy (non-hydrogen) atoms. The summed E-state index contributed by atoms with van der Waals surface area (Å²) in [7, 11) is 0.